The summed E-state index contributed by atoms with van der Waals surface area (Å²) in [5.41, 5.74) is 2.30. The van der Waals surface area contributed by atoms with Crippen molar-refractivity contribution in [2.75, 3.05) is 6.54 Å². The Kier molecular flexibility index (Phi) is 6.26. The van der Waals surface area contributed by atoms with E-state index in [1.807, 2.05) is 43.3 Å². The van der Waals surface area contributed by atoms with Crippen LogP contribution in [0.25, 0.3) is 0 Å². The second-order valence-electron chi connectivity index (χ2n) is 8.57. The van der Waals surface area contributed by atoms with Crippen molar-refractivity contribution in [1.29, 1.82) is 0 Å². The lowest BCUT2D eigenvalue weighted by molar-refractivity contribution is -0.127. The highest BCUT2D eigenvalue weighted by atomic mass is 16.5. The van der Waals surface area contributed by atoms with Crippen LogP contribution in [0.4, 0.5) is 4.79 Å². The zero-order valence-electron chi connectivity index (χ0n) is 17.7. The molecular weight excluding hydrogens is 364 g/mol. The van der Waals surface area contributed by atoms with Crippen molar-refractivity contribution in [2.24, 2.45) is 0 Å². The fraction of sp³-hybridized carbons (Fsp3) is 0.417. The molecule has 0 saturated carbocycles. The Balaban J connectivity index is 1.66. The van der Waals surface area contributed by atoms with E-state index in [2.05, 4.69) is 38.2 Å². The molecule has 0 aromatic heterocycles. The van der Waals surface area contributed by atoms with E-state index < -0.39 is 6.04 Å². The molecule has 5 nitrogen and oxygen atoms in total. The summed E-state index contributed by atoms with van der Waals surface area (Å²) < 4.78 is 5.99. The summed E-state index contributed by atoms with van der Waals surface area (Å²) in [6, 6.07) is 15.0. The Labute approximate surface area is 173 Å². The molecular formula is C24H30N2O3. The van der Waals surface area contributed by atoms with Crippen molar-refractivity contribution >= 4 is 11.9 Å². The summed E-state index contributed by atoms with van der Waals surface area (Å²) in [4.78, 5) is 25.9. The van der Waals surface area contributed by atoms with Crippen LogP contribution >= 0.6 is 0 Å². The van der Waals surface area contributed by atoms with Crippen molar-refractivity contribution in [3.8, 4) is 11.5 Å². The monoisotopic (exact) mass is 394 g/mol. The lowest BCUT2D eigenvalue weighted by Gasteiger charge is -2.19. The first-order valence-electron chi connectivity index (χ1n) is 10.3. The Hall–Kier alpha value is -2.82. The summed E-state index contributed by atoms with van der Waals surface area (Å²) in [7, 11) is 0. The van der Waals surface area contributed by atoms with Gasteiger partial charge in [0.1, 0.15) is 17.5 Å². The van der Waals surface area contributed by atoms with Gasteiger partial charge in [0.15, 0.2) is 0 Å². The zero-order valence-corrected chi connectivity index (χ0v) is 17.7. The third-order valence-corrected chi connectivity index (χ3v) is 5.14. The van der Waals surface area contributed by atoms with Crippen LogP contribution in [0.5, 0.6) is 11.5 Å². The Morgan fingerprint density at radius 2 is 1.76 bits per heavy atom. The van der Waals surface area contributed by atoms with E-state index in [1.54, 1.807) is 0 Å². The molecule has 2 aromatic carbocycles. The maximum absolute atomic E-state index is 12.5. The summed E-state index contributed by atoms with van der Waals surface area (Å²) in [5, 5.41) is 2.80. The number of unbranched alkanes of at least 4 members (excludes halogenated alkanes) is 1. The highest BCUT2D eigenvalue weighted by molar-refractivity contribution is 6.04. The van der Waals surface area contributed by atoms with Crippen molar-refractivity contribution in [1.82, 2.24) is 10.2 Å². The smallest absolute Gasteiger partial charge is 0.324 e. The van der Waals surface area contributed by atoms with Gasteiger partial charge in [0.25, 0.3) is 5.91 Å². The van der Waals surface area contributed by atoms with E-state index in [9.17, 15) is 9.59 Å². The van der Waals surface area contributed by atoms with E-state index in [0.717, 1.165) is 24.2 Å². The number of imide groups is 1. The number of nitrogens with zero attached hydrogens (tertiary/aromatic N) is 1. The zero-order chi connectivity index (χ0) is 21.0. The molecule has 1 aliphatic heterocycles. The first-order chi connectivity index (χ1) is 13.8. The predicted molar refractivity (Wildman–Crippen MR) is 114 cm³/mol. The van der Waals surface area contributed by atoms with Gasteiger partial charge >= 0.3 is 6.03 Å². The molecule has 1 aliphatic rings. The average Bonchev–Trinajstić information content (AvgIpc) is 2.93. The molecule has 5 heteroatoms. The number of benzene rings is 2. The van der Waals surface area contributed by atoms with Gasteiger partial charge < -0.3 is 10.1 Å². The van der Waals surface area contributed by atoms with Crippen LogP contribution in [0.2, 0.25) is 0 Å². The Morgan fingerprint density at radius 1 is 1.03 bits per heavy atom. The first kappa shape index (κ1) is 20.9. The van der Waals surface area contributed by atoms with Crippen molar-refractivity contribution in [2.45, 2.75) is 58.4 Å². The van der Waals surface area contributed by atoms with E-state index in [1.165, 1.54) is 10.5 Å². The van der Waals surface area contributed by atoms with Crippen LogP contribution in [0, 0.1) is 0 Å². The molecule has 1 N–H and O–H groups in total. The third-order valence-electron chi connectivity index (χ3n) is 5.14. The molecule has 0 bridgehead atoms. The summed E-state index contributed by atoms with van der Waals surface area (Å²) >= 11 is 0. The van der Waals surface area contributed by atoms with Crippen molar-refractivity contribution in [3.63, 3.8) is 0 Å². The largest absolute Gasteiger partial charge is 0.457 e. The Bertz CT molecular complexity index is 868. The molecule has 1 unspecified atom stereocenters. The van der Waals surface area contributed by atoms with Gasteiger partial charge in [-0.05, 0) is 47.2 Å². The quantitative estimate of drug-likeness (QED) is 0.669. The molecule has 154 valence electrons. The molecule has 3 rings (SSSR count). The fourth-order valence-corrected chi connectivity index (χ4v) is 3.37. The summed E-state index contributed by atoms with van der Waals surface area (Å²) in [5.74, 6) is 1.34. The number of hydrogen-bond donors (Lipinski definition) is 1. The number of urea groups is 1. The molecule has 1 fully saturated rings. The maximum Gasteiger partial charge on any atom is 0.324 e. The summed E-state index contributed by atoms with van der Waals surface area (Å²) in [6.07, 6.45) is 2.22. The second kappa shape index (κ2) is 8.68. The predicted octanol–water partition coefficient (Wildman–Crippen LogP) is 5.04. The molecule has 3 amide bonds. The molecule has 1 heterocycles. The molecule has 1 atom stereocenters. The first-order valence-corrected chi connectivity index (χ1v) is 10.3. The number of carbonyl (C=O) groups excluding carboxylic acids is 2. The van der Waals surface area contributed by atoms with Gasteiger partial charge in [-0.2, -0.15) is 0 Å². The molecule has 0 spiro atoms. The number of rotatable bonds is 7. The minimum atomic E-state index is -0.513. The highest BCUT2D eigenvalue weighted by Gasteiger charge is 2.37. The SMILES string of the molecule is CCCCN1C(=O)NC(Cc2cccc(Oc3ccc(C(C)(C)C)cc3)c2)C1=O. The lowest BCUT2D eigenvalue weighted by atomic mass is 9.87. The molecule has 29 heavy (non-hydrogen) atoms. The molecule has 0 aliphatic carbocycles. The van der Waals surface area contributed by atoms with E-state index in [-0.39, 0.29) is 17.4 Å². The number of ether oxygens (including phenoxy) is 1. The molecule has 1 saturated heterocycles. The van der Waals surface area contributed by atoms with Crippen LogP contribution in [0.1, 0.15) is 51.7 Å². The van der Waals surface area contributed by atoms with Crippen LogP contribution < -0.4 is 10.1 Å². The summed E-state index contributed by atoms with van der Waals surface area (Å²) in [6.45, 7) is 9.06. The van der Waals surface area contributed by atoms with Gasteiger partial charge in [-0.15, -0.1) is 0 Å². The lowest BCUT2D eigenvalue weighted by Crippen LogP contribution is -2.33. The molecule has 0 radical (unpaired) electrons. The van der Waals surface area contributed by atoms with Crippen molar-refractivity contribution in [3.05, 3.63) is 59.7 Å². The number of hydrogen-bond acceptors (Lipinski definition) is 3. The maximum atomic E-state index is 12.5. The minimum Gasteiger partial charge on any atom is -0.457 e. The van der Waals surface area contributed by atoms with Gasteiger partial charge in [0, 0.05) is 13.0 Å². The van der Waals surface area contributed by atoms with Gasteiger partial charge in [-0.3, -0.25) is 9.69 Å². The number of amides is 3. The van der Waals surface area contributed by atoms with Crippen LogP contribution in [0.15, 0.2) is 48.5 Å². The van der Waals surface area contributed by atoms with Crippen LogP contribution in [0.3, 0.4) is 0 Å². The highest BCUT2D eigenvalue weighted by Crippen LogP contribution is 2.27. The van der Waals surface area contributed by atoms with Crippen LogP contribution in [-0.4, -0.2) is 29.4 Å². The van der Waals surface area contributed by atoms with Gasteiger partial charge in [-0.25, -0.2) is 4.79 Å². The number of nitrogens with one attached hydrogen (secondary N) is 1. The average molecular weight is 395 g/mol. The molecule has 2 aromatic rings. The topological polar surface area (TPSA) is 58.6 Å². The van der Waals surface area contributed by atoms with E-state index in [4.69, 9.17) is 4.74 Å². The Morgan fingerprint density at radius 3 is 2.41 bits per heavy atom. The fourth-order valence-electron chi connectivity index (χ4n) is 3.37. The van der Waals surface area contributed by atoms with E-state index >= 15 is 0 Å². The van der Waals surface area contributed by atoms with Crippen LogP contribution in [-0.2, 0) is 16.6 Å². The second-order valence-corrected chi connectivity index (χ2v) is 8.57. The standard InChI is InChI=1S/C24H30N2O3/c1-5-6-14-26-22(27)21(25-23(26)28)16-17-8-7-9-20(15-17)29-19-12-10-18(11-13-19)24(2,3)4/h7-13,15,21H,5-6,14,16H2,1-4H3,(H,25,28). The normalized spacial score (nSPS) is 16.8. The van der Waals surface area contributed by atoms with Gasteiger partial charge in [0.2, 0.25) is 0 Å². The van der Waals surface area contributed by atoms with E-state index in [0.29, 0.717) is 18.7 Å². The van der Waals surface area contributed by atoms with Gasteiger partial charge in [0.05, 0.1) is 0 Å². The van der Waals surface area contributed by atoms with Crippen molar-refractivity contribution < 1.29 is 14.3 Å². The number of carbonyl (C=O) groups is 2. The minimum absolute atomic E-state index is 0.0989. The third kappa shape index (κ3) is 5.17. The van der Waals surface area contributed by atoms with Gasteiger partial charge in [-0.1, -0.05) is 58.4 Å².